The number of aryl methyl sites for hydroxylation is 1. The van der Waals surface area contributed by atoms with Gasteiger partial charge in [-0.25, -0.2) is 4.68 Å². The molecule has 30 heavy (non-hydrogen) atoms. The van der Waals surface area contributed by atoms with Gasteiger partial charge in [0.25, 0.3) is 5.91 Å². The van der Waals surface area contributed by atoms with Gasteiger partial charge in [-0.1, -0.05) is 56.3 Å². The van der Waals surface area contributed by atoms with E-state index in [1.165, 1.54) is 5.56 Å². The van der Waals surface area contributed by atoms with Crippen LogP contribution in [0.3, 0.4) is 0 Å². The highest BCUT2D eigenvalue weighted by Crippen LogP contribution is 2.26. The fraction of sp³-hybridized carbons (Fsp3) is 0.360. The summed E-state index contributed by atoms with van der Waals surface area (Å²) in [6, 6.07) is 18.4. The molecule has 0 N–H and O–H groups in total. The van der Waals surface area contributed by atoms with Gasteiger partial charge in [-0.2, -0.15) is 5.10 Å². The number of para-hydroxylation sites is 1. The Labute approximate surface area is 178 Å². The molecule has 0 spiro atoms. The van der Waals surface area contributed by atoms with E-state index in [4.69, 9.17) is 5.10 Å². The molecule has 3 aromatic rings. The van der Waals surface area contributed by atoms with Crippen molar-refractivity contribution in [2.45, 2.75) is 26.7 Å². The third-order valence-electron chi connectivity index (χ3n) is 5.80. The van der Waals surface area contributed by atoms with Crippen LogP contribution in [0.4, 0.5) is 0 Å². The first-order valence-electron chi connectivity index (χ1n) is 11.0. The molecule has 1 amide bonds. The number of piperazine rings is 1. The van der Waals surface area contributed by atoms with Crippen LogP contribution in [0.2, 0.25) is 0 Å². The molecular weight excluding hydrogens is 372 g/mol. The predicted octanol–water partition coefficient (Wildman–Crippen LogP) is 4.27. The van der Waals surface area contributed by atoms with E-state index in [0.717, 1.165) is 62.5 Å². The van der Waals surface area contributed by atoms with Crippen LogP contribution in [0.1, 0.15) is 36.2 Å². The zero-order chi connectivity index (χ0) is 20.9. The maximum atomic E-state index is 13.5. The Morgan fingerprint density at radius 1 is 0.933 bits per heavy atom. The maximum Gasteiger partial charge on any atom is 0.257 e. The average molecular weight is 403 g/mol. The van der Waals surface area contributed by atoms with E-state index in [1.54, 1.807) is 0 Å². The van der Waals surface area contributed by atoms with Crippen LogP contribution in [0.25, 0.3) is 16.9 Å². The second-order valence-electron chi connectivity index (χ2n) is 7.86. The van der Waals surface area contributed by atoms with E-state index < -0.39 is 0 Å². The molecule has 1 fully saturated rings. The number of benzene rings is 2. The van der Waals surface area contributed by atoms with Crippen molar-refractivity contribution in [3.63, 3.8) is 0 Å². The molecule has 2 aromatic carbocycles. The number of rotatable bonds is 6. The molecule has 0 saturated carbocycles. The third-order valence-corrected chi connectivity index (χ3v) is 5.80. The summed E-state index contributed by atoms with van der Waals surface area (Å²) in [5.41, 5.74) is 4.64. The minimum atomic E-state index is 0.0721. The molecule has 1 aliphatic heterocycles. The van der Waals surface area contributed by atoms with Crippen LogP contribution < -0.4 is 0 Å². The van der Waals surface area contributed by atoms with Crippen molar-refractivity contribution >= 4 is 5.91 Å². The van der Waals surface area contributed by atoms with Gasteiger partial charge in [-0.15, -0.1) is 0 Å². The second-order valence-corrected chi connectivity index (χ2v) is 7.86. The fourth-order valence-corrected chi connectivity index (χ4v) is 4.02. The van der Waals surface area contributed by atoms with E-state index in [9.17, 15) is 4.79 Å². The SMILES string of the molecule is CCCN1CCN(C(=O)c2cn(-c3ccccc3)nc2-c2ccc(CC)cc2)CC1. The quantitative estimate of drug-likeness (QED) is 0.618. The smallest absolute Gasteiger partial charge is 0.257 e. The molecule has 156 valence electrons. The summed E-state index contributed by atoms with van der Waals surface area (Å²) in [6.07, 6.45) is 4.03. The highest BCUT2D eigenvalue weighted by Gasteiger charge is 2.26. The lowest BCUT2D eigenvalue weighted by Gasteiger charge is -2.34. The van der Waals surface area contributed by atoms with Crippen LogP contribution in [-0.2, 0) is 6.42 Å². The zero-order valence-electron chi connectivity index (χ0n) is 17.9. The highest BCUT2D eigenvalue weighted by molar-refractivity contribution is 6.00. The molecule has 5 nitrogen and oxygen atoms in total. The first kappa shape index (κ1) is 20.4. The fourth-order valence-electron chi connectivity index (χ4n) is 4.02. The zero-order valence-corrected chi connectivity index (χ0v) is 17.9. The van der Waals surface area contributed by atoms with Crippen LogP contribution in [0.15, 0.2) is 60.8 Å². The average Bonchev–Trinajstić information content (AvgIpc) is 3.25. The highest BCUT2D eigenvalue weighted by atomic mass is 16.2. The van der Waals surface area contributed by atoms with Crippen molar-refractivity contribution in [1.82, 2.24) is 19.6 Å². The van der Waals surface area contributed by atoms with Gasteiger partial charge in [0.1, 0.15) is 5.69 Å². The van der Waals surface area contributed by atoms with Gasteiger partial charge in [0.05, 0.1) is 11.3 Å². The molecule has 1 saturated heterocycles. The normalized spacial score (nSPS) is 14.8. The Morgan fingerprint density at radius 3 is 2.27 bits per heavy atom. The molecular formula is C25H30N4O. The van der Waals surface area contributed by atoms with E-state index >= 15 is 0 Å². The van der Waals surface area contributed by atoms with Crippen molar-refractivity contribution in [2.24, 2.45) is 0 Å². The Bertz CT molecular complexity index is 970. The molecule has 2 heterocycles. The van der Waals surface area contributed by atoms with Crippen LogP contribution >= 0.6 is 0 Å². The minimum Gasteiger partial charge on any atom is -0.336 e. The third kappa shape index (κ3) is 4.31. The molecule has 0 bridgehead atoms. The van der Waals surface area contributed by atoms with Crippen molar-refractivity contribution in [3.8, 4) is 16.9 Å². The number of amides is 1. The largest absolute Gasteiger partial charge is 0.336 e. The van der Waals surface area contributed by atoms with Crippen molar-refractivity contribution in [3.05, 3.63) is 71.9 Å². The molecule has 0 atom stereocenters. The molecule has 5 heteroatoms. The number of hydrogen-bond acceptors (Lipinski definition) is 3. The molecule has 1 aromatic heterocycles. The van der Waals surface area contributed by atoms with Crippen LogP contribution in [-0.4, -0.2) is 58.2 Å². The maximum absolute atomic E-state index is 13.5. The first-order chi connectivity index (χ1) is 14.7. The van der Waals surface area contributed by atoms with Gasteiger partial charge < -0.3 is 4.90 Å². The summed E-state index contributed by atoms with van der Waals surface area (Å²) >= 11 is 0. The summed E-state index contributed by atoms with van der Waals surface area (Å²) in [5.74, 6) is 0.0721. The monoisotopic (exact) mass is 402 g/mol. The lowest BCUT2D eigenvalue weighted by atomic mass is 10.0. The second kappa shape index (κ2) is 9.26. The number of nitrogens with zero attached hydrogens (tertiary/aromatic N) is 4. The topological polar surface area (TPSA) is 41.4 Å². The molecule has 4 rings (SSSR count). The summed E-state index contributed by atoms with van der Waals surface area (Å²) < 4.78 is 1.82. The predicted molar refractivity (Wildman–Crippen MR) is 121 cm³/mol. The Hall–Kier alpha value is -2.92. The van der Waals surface area contributed by atoms with Crippen LogP contribution in [0, 0.1) is 0 Å². The summed E-state index contributed by atoms with van der Waals surface area (Å²) in [7, 11) is 0. The van der Waals surface area contributed by atoms with Crippen LogP contribution in [0.5, 0.6) is 0 Å². The molecule has 0 aliphatic carbocycles. The lowest BCUT2D eigenvalue weighted by molar-refractivity contribution is 0.0638. The van der Waals surface area contributed by atoms with Gasteiger partial charge in [0, 0.05) is 37.9 Å². The van der Waals surface area contributed by atoms with Crippen molar-refractivity contribution in [1.29, 1.82) is 0 Å². The van der Waals surface area contributed by atoms with Crippen molar-refractivity contribution in [2.75, 3.05) is 32.7 Å². The number of carbonyl (C=O) groups is 1. The number of hydrogen-bond donors (Lipinski definition) is 0. The summed E-state index contributed by atoms with van der Waals surface area (Å²) in [4.78, 5) is 17.9. The van der Waals surface area contributed by atoms with Gasteiger partial charge >= 0.3 is 0 Å². The summed E-state index contributed by atoms with van der Waals surface area (Å²) in [6.45, 7) is 8.86. The standard InChI is InChI=1S/C25H30N4O/c1-3-14-27-15-17-28(18-16-27)25(30)23-19-29(22-8-6-5-7-9-22)26-24(23)21-12-10-20(4-2)11-13-21/h5-13,19H,3-4,14-18H2,1-2H3. The van der Waals surface area contributed by atoms with Gasteiger partial charge in [0.2, 0.25) is 0 Å². The van der Waals surface area contributed by atoms with E-state index in [2.05, 4.69) is 43.0 Å². The first-order valence-corrected chi connectivity index (χ1v) is 11.0. The van der Waals surface area contributed by atoms with Gasteiger partial charge in [-0.3, -0.25) is 9.69 Å². The Kier molecular flexibility index (Phi) is 6.29. The van der Waals surface area contributed by atoms with E-state index in [0.29, 0.717) is 5.56 Å². The number of aromatic nitrogens is 2. The Balaban J connectivity index is 1.66. The molecule has 0 unspecified atom stereocenters. The lowest BCUT2D eigenvalue weighted by Crippen LogP contribution is -2.48. The van der Waals surface area contributed by atoms with Crippen molar-refractivity contribution < 1.29 is 4.79 Å². The van der Waals surface area contributed by atoms with Gasteiger partial charge in [0.15, 0.2) is 0 Å². The number of carbonyl (C=O) groups excluding carboxylic acids is 1. The van der Waals surface area contributed by atoms with E-state index in [-0.39, 0.29) is 5.91 Å². The summed E-state index contributed by atoms with van der Waals surface area (Å²) in [5, 5.41) is 4.83. The van der Waals surface area contributed by atoms with Gasteiger partial charge in [-0.05, 0) is 37.1 Å². The Morgan fingerprint density at radius 2 is 1.63 bits per heavy atom. The van der Waals surface area contributed by atoms with E-state index in [1.807, 2.05) is 46.1 Å². The minimum absolute atomic E-state index is 0.0721. The molecule has 0 radical (unpaired) electrons. The molecule has 1 aliphatic rings.